The number of ether oxygens (including phenoxy) is 1. The average Bonchev–Trinajstić information content (AvgIpc) is 3.07. The third-order valence-corrected chi connectivity index (χ3v) is 6.06. The molecule has 4 rings (SSSR count). The maximum absolute atomic E-state index is 12.7. The van der Waals surface area contributed by atoms with Crippen LogP contribution in [0.25, 0.3) is 11.1 Å². The summed E-state index contributed by atoms with van der Waals surface area (Å²) < 4.78 is 5.78. The standard InChI is InChI=1S/C26H27NO2/c1-18-10-4-5-11-20(18)16-19(2)27(3)26(28)29-17-25-23-14-8-6-12-21(23)22-13-7-9-15-24(22)25/h4-15,19,25H,16-17H2,1-3H3. The zero-order valence-electron chi connectivity index (χ0n) is 17.3. The predicted molar refractivity (Wildman–Crippen MR) is 117 cm³/mol. The van der Waals surface area contributed by atoms with Crippen LogP contribution in [0.5, 0.6) is 0 Å². The first-order chi connectivity index (χ1) is 14.1. The number of aryl methyl sites for hydroxylation is 1. The molecule has 1 aliphatic rings. The van der Waals surface area contributed by atoms with E-state index < -0.39 is 0 Å². The molecule has 0 bridgehead atoms. The Balaban J connectivity index is 1.44. The van der Waals surface area contributed by atoms with E-state index in [-0.39, 0.29) is 18.1 Å². The third kappa shape index (κ3) is 3.77. The summed E-state index contributed by atoms with van der Waals surface area (Å²) in [5, 5.41) is 0. The summed E-state index contributed by atoms with van der Waals surface area (Å²) in [6.07, 6.45) is 0.542. The van der Waals surface area contributed by atoms with Crippen molar-refractivity contribution in [1.29, 1.82) is 0 Å². The number of fused-ring (bicyclic) bond motifs is 3. The highest BCUT2D eigenvalue weighted by Crippen LogP contribution is 2.44. The number of nitrogens with zero attached hydrogens (tertiary/aromatic N) is 1. The molecule has 0 saturated carbocycles. The van der Waals surface area contributed by atoms with Gasteiger partial charge in [-0.2, -0.15) is 0 Å². The minimum absolute atomic E-state index is 0.0618. The molecule has 0 aliphatic heterocycles. The van der Waals surface area contributed by atoms with Crippen LogP contribution in [-0.2, 0) is 11.2 Å². The van der Waals surface area contributed by atoms with Crippen molar-refractivity contribution in [2.24, 2.45) is 0 Å². The van der Waals surface area contributed by atoms with Crippen LogP contribution in [0.3, 0.4) is 0 Å². The zero-order valence-corrected chi connectivity index (χ0v) is 17.3. The molecule has 3 aromatic carbocycles. The summed E-state index contributed by atoms with van der Waals surface area (Å²) in [5.74, 6) is 0.0893. The van der Waals surface area contributed by atoms with E-state index in [4.69, 9.17) is 4.74 Å². The Hall–Kier alpha value is -3.07. The normalized spacial score (nSPS) is 13.5. The lowest BCUT2D eigenvalue weighted by molar-refractivity contribution is 0.0970. The minimum atomic E-state index is -0.270. The molecule has 0 fully saturated rings. The quantitative estimate of drug-likeness (QED) is 0.555. The Labute approximate surface area is 172 Å². The van der Waals surface area contributed by atoms with Gasteiger partial charge in [-0.15, -0.1) is 0 Å². The Kier molecular flexibility index (Phi) is 5.39. The molecule has 148 valence electrons. The molecule has 1 amide bonds. The van der Waals surface area contributed by atoms with Gasteiger partial charge in [0.05, 0.1) is 0 Å². The van der Waals surface area contributed by atoms with Crippen LogP contribution < -0.4 is 0 Å². The van der Waals surface area contributed by atoms with Crippen LogP contribution in [0, 0.1) is 6.92 Å². The smallest absolute Gasteiger partial charge is 0.409 e. The number of rotatable bonds is 5. The molecule has 0 aromatic heterocycles. The summed E-state index contributed by atoms with van der Waals surface area (Å²) in [5.41, 5.74) is 7.46. The van der Waals surface area contributed by atoms with Crippen LogP contribution in [0.1, 0.15) is 35.1 Å². The monoisotopic (exact) mass is 385 g/mol. The van der Waals surface area contributed by atoms with Gasteiger partial charge in [0.15, 0.2) is 0 Å². The molecule has 0 heterocycles. The van der Waals surface area contributed by atoms with Crippen LogP contribution in [-0.4, -0.2) is 30.7 Å². The molecule has 0 radical (unpaired) electrons. The number of likely N-dealkylation sites (N-methyl/N-ethyl adjacent to an activating group) is 1. The molecule has 1 atom stereocenters. The van der Waals surface area contributed by atoms with Crippen LogP contribution in [0.4, 0.5) is 4.79 Å². The molecule has 0 saturated heterocycles. The van der Waals surface area contributed by atoms with Crippen molar-refractivity contribution in [3.63, 3.8) is 0 Å². The molecule has 1 aliphatic carbocycles. The van der Waals surface area contributed by atoms with E-state index in [1.165, 1.54) is 33.4 Å². The van der Waals surface area contributed by atoms with Gasteiger partial charge >= 0.3 is 6.09 Å². The molecule has 0 N–H and O–H groups in total. The van der Waals surface area contributed by atoms with Crippen molar-refractivity contribution in [2.75, 3.05) is 13.7 Å². The van der Waals surface area contributed by atoms with Gasteiger partial charge in [-0.05, 0) is 53.6 Å². The Morgan fingerprint density at radius 3 is 2.10 bits per heavy atom. The first-order valence-electron chi connectivity index (χ1n) is 10.2. The van der Waals surface area contributed by atoms with E-state index in [0.717, 1.165) is 6.42 Å². The lowest BCUT2D eigenvalue weighted by Gasteiger charge is -2.26. The van der Waals surface area contributed by atoms with Crippen molar-refractivity contribution in [3.05, 3.63) is 95.1 Å². The fraction of sp³-hybridized carbons (Fsp3) is 0.269. The topological polar surface area (TPSA) is 29.5 Å². The second-order valence-corrected chi connectivity index (χ2v) is 7.89. The lowest BCUT2D eigenvalue weighted by Crippen LogP contribution is -2.37. The fourth-order valence-electron chi connectivity index (χ4n) is 4.17. The molecular formula is C26H27NO2. The van der Waals surface area contributed by atoms with Gasteiger partial charge in [0.1, 0.15) is 6.61 Å². The van der Waals surface area contributed by atoms with E-state index in [9.17, 15) is 4.79 Å². The maximum atomic E-state index is 12.7. The van der Waals surface area contributed by atoms with Crippen molar-refractivity contribution >= 4 is 6.09 Å². The second kappa shape index (κ2) is 8.12. The largest absolute Gasteiger partial charge is 0.448 e. The fourth-order valence-corrected chi connectivity index (χ4v) is 4.17. The molecule has 3 aromatic rings. The Morgan fingerprint density at radius 1 is 0.931 bits per heavy atom. The number of hydrogen-bond donors (Lipinski definition) is 0. The number of carbonyl (C=O) groups is 1. The lowest BCUT2D eigenvalue weighted by atomic mass is 9.98. The van der Waals surface area contributed by atoms with E-state index in [1.807, 2.05) is 19.2 Å². The van der Waals surface area contributed by atoms with E-state index in [2.05, 4.69) is 74.5 Å². The highest BCUT2D eigenvalue weighted by Gasteiger charge is 2.29. The highest BCUT2D eigenvalue weighted by atomic mass is 16.6. The van der Waals surface area contributed by atoms with E-state index >= 15 is 0 Å². The zero-order chi connectivity index (χ0) is 20.4. The summed E-state index contributed by atoms with van der Waals surface area (Å²) in [6, 6.07) is 25.2. The van der Waals surface area contributed by atoms with Crippen molar-refractivity contribution < 1.29 is 9.53 Å². The minimum Gasteiger partial charge on any atom is -0.448 e. The maximum Gasteiger partial charge on any atom is 0.409 e. The second-order valence-electron chi connectivity index (χ2n) is 7.89. The van der Waals surface area contributed by atoms with Crippen molar-refractivity contribution in [2.45, 2.75) is 32.2 Å². The van der Waals surface area contributed by atoms with Crippen LogP contribution in [0.15, 0.2) is 72.8 Å². The van der Waals surface area contributed by atoms with Gasteiger partial charge in [0.2, 0.25) is 0 Å². The van der Waals surface area contributed by atoms with E-state index in [0.29, 0.717) is 6.61 Å². The predicted octanol–water partition coefficient (Wildman–Crippen LogP) is 5.81. The molecule has 0 spiro atoms. The SMILES string of the molecule is Cc1ccccc1CC(C)N(C)C(=O)OCC1c2ccccc2-c2ccccc21. The molecule has 1 unspecified atom stereocenters. The average molecular weight is 386 g/mol. The number of benzene rings is 3. The molecular weight excluding hydrogens is 358 g/mol. The van der Waals surface area contributed by atoms with Crippen LogP contribution >= 0.6 is 0 Å². The van der Waals surface area contributed by atoms with Gasteiger partial charge in [-0.25, -0.2) is 4.79 Å². The van der Waals surface area contributed by atoms with E-state index in [1.54, 1.807) is 4.90 Å². The summed E-state index contributed by atoms with van der Waals surface area (Å²) in [6.45, 7) is 4.53. The first-order valence-corrected chi connectivity index (χ1v) is 10.2. The van der Waals surface area contributed by atoms with Crippen LogP contribution in [0.2, 0.25) is 0 Å². The molecule has 29 heavy (non-hydrogen) atoms. The van der Waals surface area contributed by atoms with Gasteiger partial charge in [0.25, 0.3) is 0 Å². The first kappa shape index (κ1) is 19.3. The van der Waals surface area contributed by atoms with Gasteiger partial charge in [-0.3, -0.25) is 0 Å². The van der Waals surface area contributed by atoms with Crippen molar-refractivity contribution in [3.8, 4) is 11.1 Å². The van der Waals surface area contributed by atoms with Gasteiger partial charge in [-0.1, -0.05) is 72.8 Å². The third-order valence-electron chi connectivity index (χ3n) is 6.06. The summed E-state index contributed by atoms with van der Waals surface area (Å²) >= 11 is 0. The highest BCUT2D eigenvalue weighted by molar-refractivity contribution is 5.79. The summed E-state index contributed by atoms with van der Waals surface area (Å²) in [7, 11) is 1.82. The Morgan fingerprint density at radius 2 is 1.48 bits per heavy atom. The Bertz CT molecular complexity index is 981. The number of amides is 1. The van der Waals surface area contributed by atoms with Gasteiger partial charge < -0.3 is 9.64 Å². The molecule has 3 heteroatoms. The number of hydrogen-bond acceptors (Lipinski definition) is 2. The van der Waals surface area contributed by atoms with Crippen molar-refractivity contribution in [1.82, 2.24) is 4.90 Å². The molecule has 3 nitrogen and oxygen atoms in total. The van der Waals surface area contributed by atoms with Gasteiger partial charge in [0, 0.05) is 19.0 Å². The number of carbonyl (C=O) groups excluding carboxylic acids is 1. The summed E-state index contributed by atoms with van der Waals surface area (Å²) in [4.78, 5) is 14.5.